The quantitative estimate of drug-likeness (QED) is 0.734. The number of halogens is 2. The molecule has 1 N–H and O–H groups in total. The summed E-state index contributed by atoms with van der Waals surface area (Å²) in [5.41, 5.74) is 2.03. The van der Waals surface area contributed by atoms with E-state index in [2.05, 4.69) is 15.9 Å². The SMILES string of the molecule is CC(O)c1ccc(SCc2ccccc2Cl)cc1Br. The predicted molar refractivity (Wildman–Crippen MR) is 85.8 cm³/mol. The molecule has 0 aliphatic heterocycles. The molecule has 0 spiro atoms. The lowest BCUT2D eigenvalue weighted by Crippen LogP contribution is -1.92. The van der Waals surface area contributed by atoms with Crippen molar-refractivity contribution < 1.29 is 5.11 Å². The zero-order valence-corrected chi connectivity index (χ0v) is 13.6. The lowest BCUT2D eigenvalue weighted by Gasteiger charge is -2.10. The molecule has 0 saturated heterocycles. The van der Waals surface area contributed by atoms with Crippen molar-refractivity contribution in [3.8, 4) is 0 Å². The van der Waals surface area contributed by atoms with E-state index in [0.717, 1.165) is 31.3 Å². The van der Waals surface area contributed by atoms with E-state index in [4.69, 9.17) is 11.6 Å². The Balaban J connectivity index is 2.08. The van der Waals surface area contributed by atoms with Gasteiger partial charge in [-0.3, -0.25) is 0 Å². The molecule has 0 amide bonds. The lowest BCUT2D eigenvalue weighted by molar-refractivity contribution is 0.198. The summed E-state index contributed by atoms with van der Waals surface area (Å²) < 4.78 is 0.937. The average molecular weight is 358 g/mol. The van der Waals surface area contributed by atoms with Crippen molar-refractivity contribution in [2.45, 2.75) is 23.7 Å². The van der Waals surface area contributed by atoms with E-state index in [0.29, 0.717) is 0 Å². The van der Waals surface area contributed by atoms with Crippen LogP contribution in [0.25, 0.3) is 0 Å². The molecule has 0 heterocycles. The van der Waals surface area contributed by atoms with Gasteiger partial charge in [0.2, 0.25) is 0 Å². The molecule has 1 unspecified atom stereocenters. The van der Waals surface area contributed by atoms with Gasteiger partial charge in [-0.15, -0.1) is 11.8 Å². The second-order valence-electron chi connectivity index (χ2n) is 4.24. The smallest absolute Gasteiger partial charge is 0.0772 e. The summed E-state index contributed by atoms with van der Waals surface area (Å²) in [5, 5.41) is 10.4. The van der Waals surface area contributed by atoms with Crippen LogP contribution in [-0.4, -0.2) is 5.11 Å². The molecule has 19 heavy (non-hydrogen) atoms. The van der Waals surface area contributed by atoms with E-state index < -0.39 is 6.10 Å². The molecule has 4 heteroatoms. The molecular formula is C15H14BrClOS. The maximum atomic E-state index is 9.59. The number of rotatable bonds is 4. The van der Waals surface area contributed by atoms with Crippen LogP contribution in [0.2, 0.25) is 5.02 Å². The number of benzene rings is 2. The first kappa shape index (κ1) is 14.9. The molecular weight excluding hydrogens is 344 g/mol. The minimum absolute atomic E-state index is 0.461. The Kier molecular flexibility index (Phi) is 5.34. The molecule has 0 aromatic heterocycles. The Hall–Kier alpha value is -0.480. The second-order valence-corrected chi connectivity index (χ2v) is 6.55. The summed E-state index contributed by atoms with van der Waals surface area (Å²) in [6.07, 6.45) is -0.461. The highest BCUT2D eigenvalue weighted by Gasteiger charge is 2.07. The normalized spacial score (nSPS) is 12.4. The number of hydrogen-bond acceptors (Lipinski definition) is 2. The summed E-state index contributed by atoms with van der Waals surface area (Å²) in [6, 6.07) is 13.9. The van der Waals surface area contributed by atoms with Gasteiger partial charge in [0, 0.05) is 20.1 Å². The van der Waals surface area contributed by atoms with Gasteiger partial charge in [0.05, 0.1) is 6.10 Å². The fourth-order valence-electron chi connectivity index (χ4n) is 1.71. The third kappa shape index (κ3) is 3.99. The van der Waals surface area contributed by atoms with Crippen molar-refractivity contribution >= 4 is 39.3 Å². The van der Waals surface area contributed by atoms with Crippen LogP contribution in [0.4, 0.5) is 0 Å². The minimum Gasteiger partial charge on any atom is -0.389 e. The molecule has 100 valence electrons. The van der Waals surface area contributed by atoms with Crippen molar-refractivity contribution in [1.82, 2.24) is 0 Å². The highest BCUT2D eigenvalue weighted by molar-refractivity contribution is 9.10. The van der Waals surface area contributed by atoms with Gasteiger partial charge in [-0.25, -0.2) is 0 Å². The summed E-state index contributed by atoms with van der Waals surface area (Å²) in [4.78, 5) is 1.15. The van der Waals surface area contributed by atoms with E-state index in [-0.39, 0.29) is 0 Å². The van der Waals surface area contributed by atoms with E-state index in [1.165, 1.54) is 0 Å². The molecule has 1 atom stereocenters. The third-order valence-corrected chi connectivity index (χ3v) is 4.87. The highest BCUT2D eigenvalue weighted by Crippen LogP contribution is 2.31. The van der Waals surface area contributed by atoms with Gasteiger partial charge in [0.1, 0.15) is 0 Å². The summed E-state index contributed by atoms with van der Waals surface area (Å²) in [5.74, 6) is 0.833. The fraction of sp³-hybridized carbons (Fsp3) is 0.200. The molecule has 0 radical (unpaired) electrons. The zero-order chi connectivity index (χ0) is 13.8. The molecule has 1 nitrogen and oxygen atoms in total. The molecule has 0 aliphatic carbocycles. The van der Waals surface area contributed by atoms with Crippen molar-refractivity contribution in [2.75, 3.05) is 0 Å². The number of hydrogen-bond donors (Lipinski definition) is 1. The molecule has 2 rings (SSSR count). The summed E-state index contributed by atoms with van der Waals surface area (Å²) >= 11 is 11.3. The predicted octanol–water partition coefficient (Wildman–Crippen LogP) is 5.45. The van der Waals surface area contributed by atoms with Gasteiger partial charge in [0.25, 0.3) is 0 Å². The number of aliphatic hydroxyl groups excluding tert-OH is 1. The zero-order valence-electron chi connectivity index (χ0n) is 10.4. The standard InChI is InChI=1S/C15H14BrClOS/c1-10(18)13-7-6-12(8-14(13)16)19-9-11-4-2-3-5-15(11)17/h2-8,10,18H,9H2,1H3. The summed E-state index contributed by atoms with van der Waals surface area (Å²) in [7, 11) is 0. The van der Waals surface area contributed by atoms with E-state index >= 15 is 0 Å². The largest absolute Gasteiger partial charge is 0.389 e. The molecule has 0 bridgehead atoms. The third-order valence-electron chi connectivity index (χ3n) is 2.77. The molecule has 2 aromatic rings. The number of thioether (sulfide) groups is 1. The Morgan fingerprint density at radius 3 is 2.63 bits per heavy atom. The molecule has 2 aromatic carbocycles. The first-order valence-electron chi connectivity index (χ1n) is 5.91. The molecule has 0 fully saturated rings. The number of aliphatic hydroxyl groups is 1. The van der Waals surface area contributed by atoms with Crippen molar-refractivity contribution in [1.29, 1.82) is 0 Å². The van der Waals surface area contributed by atoms with Gasteiger partial charge >= 0.3 is 0 Å². The first-order valence-corrected chi connectivity index (χ1v) is 8.07. The van der Waals surface area contributed by atoms with Gasteiger partial charge in [-0.2, -0.15) is 0 Å². The van der Waals surface area contributed by atoms with E-state index in [1.807, 2.05) is 42.5 Å². The highest BCUT2D eigenvalue weighted by atomic mass is 79.9. The maximum Gasteiger partial charge on any atom is 0.0772 e. The van der Waals surface area contributed by atoms with Crippen LogP contribution in [0.15, 0.2) is 51.8 Å². The van der Waals surface area contributed by atoms with Crippen LogP contribution < -0.4 is 0 Å². The van der Waals surface area contributed by atoms with E-state index in [9.17, 15) is 5.11 Å². The molecule has 0 aliphatic rings. The first-order chi connectivity index (χ1) is 9.08. The van der Waals surface area contributed by atoms with Crippen molar-refractivity contribution in [3.05, 3.63) is 63.1 Å². The van der Waals surface area contributed by atoms with Crippen molar-refractivity contribution in [3.63, 3.8) is 0 Å². The van der Waals surface area contributed by atoms with Crippen LogP contribution in [0.3, 0.4) is 0 Å². The fourth-order valence-corrected chi connectivity index (χ4v) is 3.80. The van der Waals surface area contributed by atoms with Gasteiger partial charge < -0.3 is 5.11 Å². The van der Waals surface area contributed by atoms with Crippen LogP contribution in [-0.2, 0) is 5.75 Å². The van der Waals surface area contributed by atoms with Gasteiger partial charge in [-0.1, -0.05) is 51.8 Å². The minimum atomic E-state index is -0.461. The Labute approximate surface area is 131 Å². The Morgan fingerprint density at radius 1 is 1.26 bits per heavy atom. The monoisotopic (exact) mass is 356 g/mol. The maximum absolute atomic E-state index is 9.59. The van der Waals surface area contributed by atoms with Crippen molar-refractivity contribution in [2.24, 2.45) is 0 Å². The van der Waals surface area contributed by atoms with Crippen LogP contribution in [0.1, 0.15) is 24.2 Å². The second kappa shape index (κ2) is 6.80. The topological polar surface area (TPSA) is 20.2 Å². The van der Waals surface area contributed by atoms with Crippen LogP contribution >= 0.6 is 39.3 Å². The van der Waals surface area contributed by atoms with E-state index in [1.54, 1.807) is 18.7 Å². The molecule has 0 saturated carbocycles. The lowest BCUT2D eigenvalue weighted by atomic mass is 10.1. The Morgan fingerprint density at radius 2 is 2.00 bits per heavy atom. The van der Waals surface area contributed by atoms with Gasteiger partial charge in [0.15, 0.2) is 0 Å². The van der Waals surface area contributed by atoms with Crippen LogP contribution in [0.5, 0.6) is 0 Å². The van der Waals surface area contributed by atoms with Gasteiger partial charge in [-0.05, 0) is 36.2 Å². The average Bonchev–Trinajstić information content (AvgIpc) is 2.37. The summed E-state index contributed by atoms with van der Waals surface area (Å²) in [6.45, 7) is 1.76. The Bertz CT molecular complexity index is 572. The van der Waals surface area contributed by atoms with Crippen LogP contribution in [0, 0.1) is 0 Å².